The lowest BCUT2D eigenvalue weighted by Crippen LogP contribution is -2.53. The third-order valence-corrected chi connectivity index (χ3v) is 3.31. The molecule has 1 aliphatic heterocycles. The summed E-state index contributed by atoms with van der Waals surface area (Å²) in [5, 5.41) is 2.17. The van der Waals surface area contributed by atoms with Gasteiger partial charge in [-0.25, -0.2) is 0 Å². The fourth-order valence-electron chi connectivity index (χ4n) is 1.92. The molecule has 1 aromatic rings. The normalized spacial score (nSPS) is 15.3. The molecule has 1 heterocycles. The van der Waals surface area contributed by atoms with Gasteiger partial charge in [0.05, 0.1) is 0 Å². The summed E-state index contributed by atoms with van der Waals surface area (Å²) < 4.78 is 0.963. The fourth-order valence-corrected chi connectivity index (χ4v) is 2.36. The number of carbonyl (C=O) groups excluding carboxylic acids is 3. The number of halogens is 1. The maximum Gasteiger partial charge on any atom is 0.246 e. The first-order chi connectivity index (χ1) is 9.04. The largest absolute Gasteiger partial charge is 0.324 e. The summed E-state index contributed by atoms with van der Waals surface area (Å²) in [5.74, 6) is -1.03. The Morgan fingerprint density at radius 3 is 2.58 bits per heavy atom. The van der Waals surface area contributed by atoms with E-state index in [2.05, 4.69) is 21.2 Å². The highest BCUT2D eigenvalue weighted by Crippen LogP contribution is 2.13. The molecule has 3 amide bonds. The second-order valence-electron chi connectivity index (χ2n) is 4.35. The minimum Gasteiger partial charge on any atom is -0.324 e. The zero-order chi connectivity index (χ0) is 13.8. The van der Waals surface area contributed by atoms with Gasteiger partial charge in [-0.15, -0.1) is 0 Å². The molecule has 1 fully saturated rings. The Balaban J connectivity index is 1.90. The summed E-state index contributed by atoms with van der Waals surface area (Å²) in [6.45, 7) is -0.0773. The summed E-state index contributed by atoms with van der Waals surface area (Å²) >= 11 is 3.37. The fraction of sp³-hybridized carbons (Fsp3) is 0.308. The van der Waals surface area contributed by atoms with Crippen LogP contribution >= 0.6 is 15.9 Å². The van der Waals surface area contributed by atoms with Crippen molar-refractivity contribution in [3.05, 3.63) is 34.3 Å². The summed E-state index contributed by atoms with van der Waals surface area (Å²) in [7, 11) is 0. The van der Waals surface area contributed by atoms with Gasteiger partial charge in [0.1, 0.15) is 13.1 Å². The summed E-state index contributed by atoms with van der Waals surface area (Å²) in [6.07, 6.45) is 0.877. The molecule has 0 atom stereocenters. The van der Waals surface area contributed by atoms with E-state index in [9.17, 15) is 14.4 Å². The Morgan fingerprint density at radius 2 is 1.95 bits per heavy atom. The minimum absolute atomic E-state index is 0.0386. The molecule has 0 radical (unpaired) electrons. The van der Waals surface area contributed by atoms with Crippen LogP contribution in [0.25, 0.3) is 0 Å². The molecular formula is C13H13BrN2O3. The Hall–Kier alpha value is -1.69. The third kappa shape index (κ3) is 3.89. The first kappa shape index (κ1) is 13.7. The van der Waals surface area contributed by atoms with E-state index in [1.807, 2.05) is 24.3 Å². The quantitative estimate of drug-likeness (QED) is 0.839. The lowest BCUT2D eigenvalue weighted by molar-refractivity contribution is -0.145. The molecule has 0 aliphatic carbocycles. The Morgan fingerprint density at radius 1 is 1.26 bits per heavy atom. The van der Waals surface area contributed by atoms with Crippen LogP contribution in [-0.4, -0.2) is 35.7 Å². The van der Waals surface area contributed by atoms with Crippen LogP contribution in [0.15, 0.2) is 28.7 Å². The second kappa shape index (κ2) is 5.97. The summed E-state index contributed by atoms with van der Waals surface area (Å²) in [5.41, 5.74) is 1.04. The van der Waals surface area contributed by atoms with Crippen LogP contribution in [0.2, 0.25) is 0 Å². The van der Waals surface area contributed by atoms with E-state index in [1.54, 1.807) is 0 Å². The molecule has 1 aromatic carbocycles. The van der Waals surface area contributed by atoms with E-state index < -0.39 is 11.8 Å². The highest BCUT2D eigenvalue weighted by Gasteiger charge is 2.25. The lowest BCUT2D eigenvalue weighted by Gasteiger charge is -2.25. The van der Waals surface area contributed by atoms with Gasteiger partial charge in [-0.05, 0) is 24.1 Å². The Kier molecular flexibility index (Phi) is 4.31. The van der Waals surface area contributed by atoms with Gasteiger partial charge in [-0.2, -0.15) is 0 Å². The number of nitrogens with zero attached hydrogens (tertiary/aromatic N) is 1. The van der Waals surface area contributed by atoms with Crippen LogP contribution in [0.5, 0.6) is 0 Å². The highest BCUT2D eigenvalue weighted by atomic mass is 79.9. The van der Waals surface area contributed by atoms with Crippen LogP contribution in [-0.2, 0) is 20.8 Å². The van der Waals surface area contributed by atoms with Gasteiger partial charge in [0.25, 0.3) is 0 Å². The van der Waals surface area contributed by atoms with Crippen LogP contribution in [0, 0.1) is 0 Å². The van der Waals surface area contributed by atoms with Gasteiger partial charge in [-0.3, -0.25) is 19.7 Å². The summed E-state index contributed by atoms with van der Waals surface area (Å²) in [6, 6.07) is 7.70. The number of hydrogen-bond donors (Lipinski definition) is 1. The molecule has 0 spiro atoms. The van der Waals surface area contributed by atoms with E-state index in [4.69, 9.17) is 0 Å². The van der Waals surface area contributed by atoms with Crippen molar-refractivity contribution in [2.45, 2.75) is 12.8 Å². The molecule has 2 rings (SSSR count). The lowest BCUT2D eigenvalue weighted by atomic mass is 10.1. The standard InChI is InChI=1S/C13H13BrN2O3/c14-10-3-1-2-9(6-10)4-5-13(19)16-7-11(17)15-12(18)8-16/h1-3,6H,4-5,7-8H2,(H,15,17,18). The van der Waals surface area contributed by atoms with Gasteiger partial charge < -0.3 is 4.90 Å². The van der Waals surface area contributed by atoms with Crippen molar-refractivity contribution in [3.8, 4) is 0 Å². The van der Waals surface area contributed by atoms with Gasteiger partial charge in [0.2, 0.25) is 17.7 Å². The van der Waals surface area contributed by atoms with Crippen molar-refractivity contribution in [1.29, 1.82) is 0 Å². The monoisotopic (exact) mass is 324 g/mol. The van der Waals surface area contributed by atoms with Crippen LogP contribution in [0.3, 0.4) is 0 Å². The molecule has 5 nitrogen and oxygen atoms in total. The van der Waals surface area contributed by atoms with Crippen LogP contribution < -0.4 is 5.32 Å². The molecule has 6 heteroatoms. The molecule has 0 saturated carbocycles. The number of piperazine rings is 1. The van der Waals surface area contributed by atoms with E-state index in [0.717, 1.165) is 10.0 Å². The SMILES string of the molecule is O=C1CN(C(=O)CCc2cccc(Br)c2)CC(=O)N1. The van der Waals surface area contributed by atoms with E-state index in [0.29, 0.717) is 6.42 Å². The number of amides is 3. The Bertz CT molecular complexity index is 514. The van der Waals surface area contributed by atoms with Crippen molar-refractivity contribution >= 4 is 33.7 Å². The molecule has 100 valence electrons. The maximum atomic E-state index is 11.9. The number of rotatable bonds is 3. The smallest absolute Gasteiger partial charge is 0.246 e. The predicted molar refractivity (Wildman–Crippen MR) is 72.2 cm³/mol. The van der Waals surface area contributed by atoms with Crippen molar-refractivity contribution in [2.24, 2.45) is 0 Å². The average Bonchev–Trinajstić information content (AvgIpc) is 2.35. The Labute approximate surface area is 119 Å². The zero-order valence-electron chi connectivity index (χ0n) is 10.2. The van der Waals surface area contributed by atoms with E-state index in [-0.39, 0.29) is 25.4 Å². The number of nitrogens with one attached hydrogen (secondary N) is 1. The average molecular weight is 325 g/mol. The zero-order valence-corrected chi connectivity index (χ0v) is 11.8. The molecular weight excluding hydrogens is 312 g/mol. The maximum absolute atomic E-state index is 11.9. The molecule has 0 aromatic heterocycles. The van der Waals surface area contributed by atoms with Gasteiger partial charge in [0, 0.05) is 10.9 Å². The van der Waals surface area contributed by atoms with Crippen molar-refractivity contribution < 1.29 is 14.4 Å². The molecule has 1 aliphatic rings. The number of carbonyl (C=O) groups is 3. The summed E-state index contributed by atoms with van der Waals surface area (Å²) in [4.78, 5) is 35.6. The minimum atomic E-state index is -0.424. The third-order valence-electron chi connectivity index (χ3n) is 2.82. The molecule has 19 heavy (non-hydrogen) atoms. The van der Waals surface area contributed by atoms with Crippen LogP contribution in [0.4, 0.5) is 0 Å². The van der Waals surface area contributed by atoms with Gasteiger partial charge in [0.15, 0.2) is 0 Å². The van der Waals surface area contributed by atoms with Crippen LogP contribution in [0.1, 0.15) is 12.0 Å². The van der Waals surface area contributed by atoms with E-state index in [1.165, 1.54) is 4.90 Å². The molecule has 0 bridgehead atoms. The molecule has 0 unspecified atom stereocenters. The number of hydrogen-bond acceptors (Lipinski definition) is 3. The highest BCUT2D eigenvalue weighted by molar-refractivity contribution is 9.10. The van der Waals surface area contributed by atoms with Gasteiger partial charge in [-0.1, -0.05) is 28.1 Å². The molecule has 1 N–H and O–H groups in total. The van der Waals surface area contributed by atoms with Gasteiger partial charge >= 0.3 is 0 Å². The topological polar surface area (TPSA) is 66.5 Å². The number of aryl methyl sites for hydroxylation is 1. The predicted octanol–water partition coefficient (Wildman–Crippen LogP) is 0.867. The second-order valence-corrected chi connectivity index (χ2v) is 5.27. The van der Waals surface area contributed by atoms with Crippen molar-refractivity contribution in [3.63, 3.8) is 0 Å². The first-order valence-electron chi connectivity index (χ1n) is 5.89. The number of imide groups is 1. The first-order valence-corrected chi connectivity index (χ1v) is 6.69. The van der Waals surface area contributed by atoms with Crippen molar-refractivity contribution in [2.75, 3.05) is 13.1 Å². The van der Waals surface area contributed by atoms with E-state index >= 15 is 0 Å². The molecule has 1 saturated heterocycles. The number of benzene rings is 1. The van der Waals surface area contributed by atoms with Crippen molar-refractivity contribution in [1.82, 2.24) is 10.2 Å².